The number of aliphatic hydroxyl groups is 1. The smallest absolute Gasteiger partial charge is 0.0730 e. The number of ether oxygens (including phenoxy) is 1. The Bertz CT molecular complexity index is 277. The van der Waals surface area contributed by atoms with Gasteiger partial charge in [-0.15, -0.1) is 0 Å². The lowest BCUT2D eigenvalue weighted by molar-refractivity contribution is 0.140. The summed E-state index contributed by atoms with van der Waals surface area (Å²) in [7, 11) is 1.67. The quantitative estimate of drug-likeness (QED) is 0.686. The Hall–Kier alpha value is -0.900. The highest BCUT2D eigenvalue weighted by Gasteiger charge is 2.14. The minimum Gasteiger partial charge on any atom is -0.391 e. The van der Waals surface area contributed by atoms with Crippen LogP contribution in [-0.2, 0) is 4.74 Å². The number of benzene rings is 1. The summed E-state index contributed by atoms with van der Waals surface area (Å²) < 4.78 is 4.92. The summed E-state index contributed by atoms with van der Waals surface area (Å²) in [6.07, 6.45) is -0.362. The molecule has 0 aliphatic carbocycles. The largest absolute Gasteiger partial charge is 0.391 e. The van der Waals surface area contributed by atoms with Crippen LogP contribution < -0.4 is 5.32 Å². The first-order valence-corrected chi connectivity index (χ1v) is 5.68. The van der Waals surface area contributed by atoms with Gasteiger partial charge in [0.2, 0.25) is 0 Å². The Balaban J connectivity index is 2.33. The van der Waals surface area contributed by atoms with E-state index in [0.717, 1.165) is 6.54 Å². The molecule has 1 rings (SSSR count). The highest BCUT2D eigenvalue weighted by molar-refractivity contribution is 5.19. The molecule has 0 fully saturated rings. The molecule has 0 radical (unpaired) electrons. The Morgan fingerprint density at radius 1 is 1.31 bits per heavy atom. The minimum absolute atomic E-state index is 0.149. The first-order valence-electron chi connectivity index (χ1n) is 5.68. The molecule has 3 nitrogen and oxygen atoms in total. The average molecular weight is 223 g/mol. The van der Waals surface area contributed by atoms with Gasteiger partial charge >= 0.3 is 0 Å². The van der Waals surface area contributed by atoms with E-state index in [0.29, 0.717) is 13.2 Å². The second kappa shape index (κ2) is 7.39. The van der Waals surface area contributed by atoms with Gasteiger partial charge in [0.1, 0.15) is 0 Å². The van der Waals surface area contributed by atoms with Crippen molar-refractivity contribution in [2.75, 3.05) is 26.8 Å². The van der Waals surface area contributed by atoms with Crippen LogP contribution in [0.2, 0.25) is 0 Å². The Morgan fingerprint density at radius 2 is 2.00 bits per heavy atom. The van der Waals surface area contributed by atoms with Gasteiger partial charge < -0.3 is 15.2 Å². The van der Waals surface area contributed by atoms with E-state index in [4.69, 9.17) is 4.74 Å². The Morgan fingerprint density at radius 3 is 2.62 bits per heavy atom. The summed E-state index contributed by atoms with van der Waals surface area (Å²) >= 11 is 0. The summed E-state index contributed by atoms with van der Waals surface area (Å²) in [5.41, 5.74) is 1.17. The minimum atomic E-state index is -0.362. The number of nitrogens with one attached hydrogen (secondary N) is 1. The topological polar surface area (TPSA) is 41.5 Å². The van der Waals surface area contributed by atoms with Crippen molar-refractivity contribution in [3.63, 3.8) is 0 Å². The summed E-state index contributed by atoms with van der Waals surface area (Å²) in [6, 6.07) is 10.1. The summed E-state index contributed by atoms with van der Waals surface area (Å²) in [5, 5.41) is 13.1. The van der Waals surface area contributed by atoms with E-state index < -0.39 is 0 Å². The van der Waals surface area contributed by atoms with E-state index in [1.54, 1.807) is 7.11 Å². The normalized spacial score (nSPS) is 14.7. The fraction of sp³-hybridized carbons (Fsp3) is 0.538. The molecule has 90 valence electrons. The molecule has 2 N–H and O–H groups in total. The van der Waals surface area contributed by atoms with Gasteiger partial charge in [0.15, 0.2) is 0 Å². The molecule has 16 heavy (non-hydrogen) atoms. The van der Waals surface area contributed by atoms with Gasteiger partial charge in [0, 0.05) is 26.1 Å². The zero-order chi connectivity index (χ0) is 11.8. The number of hydrogen-bond acceptors (Lipinski definition) is 3. The molecule has 0 bridgehead atoms. The van der Waals surface area contributed by atoms with Crippen LogP contribution in [0.3, 0.4) is 0 Å². The number of methoxy groups -OCH3 is 1. The first-order chi connectivity index (χ1) is 7.75. The SMILES string of the molecule is COCCNCC(O)C(C)c1ccccc1. The molecule has 0 amide bonds. The Kier molecular flexibility index (Phi) is 6.08. The third-order valence-electron chi connectivity index (χ3n) is 2.74. The highest BCUT2D eigenvalue weighted by Crippen LogP contribution is 2.18. The third kappa shape index (κ3) is 4.31. The molecule has 1 aromatic rings. The average Bonchev–Trinajstić information content (AvgIpc) is 2.34. The predicted molar refractivity (Wildman–Crippen MR) is 65.6 cm³/mol. The first kappa shape index (κ1) is 13.2. The number of aliphatic hydroxyl groups excluding tert-OH is 1. The van der Waals surface area contributed by atoms with Crippen molar-refractivity contribution in [2.24, 2.45) is 0 Å². The van der Waals surface area contributed by atoms with Crippen LogP contribution in [0.1, 0.15) is 18.4 Å². The maximum Gasteiger partial charge on any atom is 0.0730 e. The molecule has 3 heteroatoms. The highest BCUT2D eigenvalue weighted by atomic mass is 16.5. The lowest BCUT2D eigenvalue weighted by Crippen LogP contribution is -2.32. The second-order valence-corrected chi connectivity index (χ2v) is 3.96. The fourth-order valence-electron chi connectivity index (χ4n) is 1.58. The maximum atomic E-state index is 9.97. The predicted octanol–water partition coefficient (Wildman–Crippen LogP) is 1.39. The van der Waals surface area contributed by atoms with E-state index in [9.17, 15) is 5.11 Å². The van der Waals surface area contributed by atoms with Gasteiger partial charge in [-0.3, -0.25) is 0 Å². The van der Waals surface area contributed by atoms with Crippen molar-refractivity contribution in [2.45, 2.75) is 18.9 Å². The van der Waals surface area contributed by atoms with Crippen LogP contribution >= 0.6 is 0 Å². The molecule has 0 aliphatic rings. The molecule has 1 aromatic carbocycles. The number of hydrogen-bond donors (Lipinski definition) is 2. The van der Waals surface area contributed by atoms with E-state index in [-0.39, 0.29) is 12.0 Å². The molecular weight excluding hydrogens is 202 g/mol. The lowest BCUT2D eigenvalue weighted by Gasteiger charge is -2.19. The molecule has 0 aromatic heterocycles. The van der Waals surface area contributed by atoms with E-state index in [1.807, 2.05) is 37.3 Å². The molecule has 0 saturated heterocycles. The van der Waals surface area contributed by atoms with E-state index >= 15 is 0 Å². The summed E-state index contributed by atoms with van der Waals surface area (Å²) in [5.74, 6) is 0.149. The monoisotopic (exact) mass is 223 g/mol. The van der Waals surface area contributed by atoms with Gasteiger partial charge in [-0.25, -0.2) is 0 Å². The zero-order valence-electron chi connectivity index (χ0n) is 10.0. The standard InChI is InChI=1S/C13H21NO2/c1-11(12-6-4-3-5-7-12)13(15)10-14-8-9-16-2/h3-7,11,13-15H,8-10H2,1-2H3. The summed E-state index contributed by atoms with van der Waals surface area (Å²) in [6.45, 7) is 4.08. The Labute approximate surface area is 97.4 Å². The van der Waals surface area contributed by atoms with E-state index in [1.165, 1.54) is 5.56 Å². The van der Waals surface area contributed by atoms with Crippen LogP contribution in [0, 0.1) is 0 Å². The molecule has 0 saturated carbocycles. The molecule has 0 spiro atoms. The van der Waals surface area contributed by atoms with Gasteiger partial charge in [-0.05, 0) is 5.56 Å². The van der Waals surface area contributed by atoms with Crippen molar-refractivity contribution < 1.29 is 9.84 Å². The van der Waals surface area contributed by atoms with Crippen LogP contribution in [-0.4, -0.2) is 38.0 Å². The molecule has 2 atom stereocenters. The van der Waals surface area contributed by atoms with Crippen LogP contribution in [0.5, 0.6) is 0 Å². The van der Waals surface area contributed by atoms with Crippen molar-refractivity contribution in [1.29, 1.82) is 0 Å². The van der Waals surface area contributed by atoms with Gasteiger partial charge in [-0.2, -0.15) is 0 Å². The third-order valence-corrected chi connectivity index (χ3v) is 2.74. The molecule has 0 aliphatic heterocycles. The van der Waals surface area contributed by atoms with E-state index in [2.05, 4.69) is 5.32 Å². The summed E-state index contributed by atoms with van der Waals surface area (Å²) in [4.78, 5) is 0. The van der Waals surface area contributed by atoms with Gasteiger partial charge in [-0.1, -0.05) is 37.3 Å². The van der Waals surface area contributed by atoms with Crippen molar-refractivity contribution in [3.05, 3.63) is 35.9 Å². The van der Waals surface area contributed by atoms with Gasteiger partial charge in [0.05, 0.1) is 12.7 Å². The molecule has 2 unspecified atom stereocenters. The number of rotatable bonds is 7. The molecular formula is C13H21NO2. The van der Waals surface area contributed by atoms with Crippen LogP contribution in [0.15, 0.2) is 30.3 Å². The van der Waals surface area contributed by atoms with Crippen molar-refractivity contribution in [1.82, 2.24) is 5.32 Å². The lowest BCUT2D eigenvalue weighted by atomic mass is 9.95. The maximum absolute atomic E-state index is 9.97. The van der Waals surface area contributed by atoms with Gasteiger partial charge in [0.25, 0.3) is 0 Å². The van der Waals surface area contributed by atoms with Crippen LogP contribution in [0.4, 0.5) is 0 Å². The second-order valence-electron chi connectivity index (χ2n) is 3.96. The fourth-order valence-corrected chi connectivity index (χ4v) is 1.58. The zero-order valence-corrected chi connectivity index (χ0v) is 10.0. The van der Waals surface area contributed by atoms with Crippen LogP contribution in [0.25, 0.3) is 0 Å². The molecule has 0 heterocycles. The van der Waals surface area contributed by atoms with Crippen molar-refractivity contribution in [3.8, 4) is 0 Å². The van der Waals surface area contributed by atoms with Crippen molar-refractivity contribution >= 4 is 0 Å².